The SMILES string of the molecule is CC(Cl)c1nc2cc(F)ccc2n1CCNS(C)(=O)=O. The summed E-state index contributed by atoms with van der Waals surface area (Å²) in [6, 6.07) is 4.28. The maximum Gasteiger partial charge on any atom is 0.208 e. The summed E-state index contributed by atoms with van der Waals surface area (Å²) in [5.74, 6) is 0.216. The zero-order valence-electron chi connectivity index (χ0n) is 11.1. The predicted octanol–water partition coefficient (Wildman–Crippen LogP) is 2.02. The first-order valence-corrected chi connectivity index (χ1v) is 8.35. The van der Waals surface area contributed by atoms with Crippen LogP contribution >= 0.6 is 11.6 Å². The van der Waals surface area contributed by atoms with Gasteiger partial charge in [0.1, 0.15) is 11.6 Å². The molecule has 0 amide bonds. The minimum absolute atomic E-state index is 0.221. The molecule has 1 heterocycles. The van der Waals surface area contributed by atoms with Gasteiger partial charge in [-0.05, 0) is 19.1 Å². The molecule has 8 heteroatoms. The number of hydrogen-bond acceptors (Lipinski definition) is 3. The molecule has 1 aromatic heterocycles. The quantitative estimate of drug-likeness (QED) is 0.858. The van der Waals surface area contributed by atoms with Gasteiger partial charge in [-0.25, -0.2) is 22.5 Å². The van der Waals surface area contributed by atoms with Crippen LogP contribution in [0.4, 0.5) is 4.39 Å². The van der Waals surface area contributed by atoms with Crippen LogP contribution in [0.2, 0.25) is 0 Å². The van der Waals surface area contributed by atoms with Crippen molar-refractivity contribution in [2.24, 2.45) is 0 Å². The second-order valence-electron chi connectivity index (χ2n) is 4.54. The Labute approximate surface area is 121 Å². The largest absolute Gasteiger partial charge is 0.325 e. The first-order chi connectivity index (χ1) is 9.28. The van der Waals surface area contributed by atoms with Gasteiger partial charge < -0.3 is 4.57 Å². The highest BCUT2D eigenvalue weighted by Crippen LogP contribution is 2.24. The molecule has 1 aromatic carbocycles. The Kier molecular flexibility index (Phi) is 4.31. The van der Waals surface area contributed by atoms with E-state index < -0.39 is 10.0 Å². The standard InChI is InChI=1S/C12H15ClFN3O2S/c1-8(13)12-16-10-7-9(14)3-4-11(10)17(12)6-5-15-20(2,18)19/h3-4,7-8,15H,5-6H2,1-2H3. The van der Waals surface area contributed by atoms with Gasteiger partial charge in [0.25, 0.3) is 0 Å². The molecule has 1 unspecified atom stereocenters. The van der Waals surface area contributed by atoms with Crippen LogP contribution in [-0.2, 0) is 16.6 Å². The van der Waals surface area contributed by atoms with E-state index in [0.717, 1.165) is 11.8 Å². The highest BCUT2D eigenvalue weighted by Gasteiger charge is 2.15. The number of alkyl halides is 1. The Hall–Kier alpha value is -1.18. The Morgan fingerprint density at radius 2 is 2.20 bits per heavy atom. The van der Waals surface area contributed by atoms with Gasteiger partial charge in [-0.2, -0.15) is 0 Å². The molecule has 0 aliphatic rings. The van der Waals surface area contributed by atoms with Crippen LogP contribution in [0, 0.1) is 5.82 Å². The average molecular weight is 320 g/mol. The van der Waals surface area contributed by atoms with E-state index in [1.165, 1.54) is 12.1 Å². The smallest absolute Gasteiger partial charge is 0.208 e. The molecule has 0 saturated carbocycles. The van der Waals surface area contributed by atoms with Gasteiger partial charge in [-0.3, -0.25) is 0 Å². The van der Waals surface area contributed by atoms with E-state index in [1.807, 2.05) is 0 Å². The average Bonchev–Trinajstić information content (AvgIpc) is 2.66. The van der Waals surface area contributed by atoms with Crippen LogP contribution in [-0.4, -0.2) is 30.8 Å². The lowest BCUT2D eigenvalue weighted by Crippen LogP contribution is -2.26. The van der Waals surface area contributed by atoms with Gasteiger partial charge >= 0.3 is 0 Å². The summed E-state index contributed by atoms with van der Waals surface area (Å²) in [6.07, 6.45) is 1.10. The van der Waals surface area contributed by atoms with Gasteiger partial charge in [-0.15, -0.1) is 11.6 Å². The lowest BCUT2D eigenvalue weighted by molar-refractivity contribution is 0.577. The fourth-order valence-electron chi connectivity index (χ4n) is 2.00. The predicted molar refractivity (Wildman–Crippen MR) is 76.8 cm³/mol. The Balaban J connectivity index is 2.36. The second kappa shape index (κ2) is 5.67. The van der Waals surface area contributed by atoms with Crippen LogP contribution in [0.15, 0.2) is 18.2 Å². The number of hydrogen-bond donors (Lipinski definition) is 1. The summed E-state index contributed by atoms with van der Waals surface area (Å²) in [5, 5.41) is -0.358. The summed E-state index contributed by atoms with van der Waals surface area (Å²) in [6.45, 7) is 2.36. The normalized spacial score (nSPS) is 13.8. The van der Waals surface area contributed by atoms with Crippen LogP contribution in [0.5, 0.6) is 0 Å². The van der Waals surface area contributed by atoms with Crippen molar-refractivity contribution in [3.05, 3.63) is 29.8 Å². The van der Waals surface area contributed by atoms with E-state index in [-0.39, 0.29) is 17.7 Å². The maximum absolute atomic E-state index is 13.2. The molecule has 1 atom stereocenters. The number of halogens is 2. The molecule has 0 spiro atoms. The van der Waals surface area contributed by atoms with Gasteiger partial charge in [0, 0.05) is 19.2 Å². The number of rotatable bonds is 5. The molecule has 2 aromatic rings. The molecule has 5 nitrogen and oxygen atoms in total. The van der Waals surface area contributed by atoms with Crippen molar-refractivity contribution in [3.8, 4) is 0 Å². The van der Waals surface area contributed by atoms with Crippen molar-refractivity contribution >= 4 is 32.7 Å². The molecule has 110 valence electrons. The van der Waals surface area contributed by atoms with Crippen LogP contribution in [0.25, 0.3) is 11.0 Å². The van der Waals surface area contributed by atoms with Crippen LogP contribution in [0.3, 0.4) is 0 Å². The van der Waals surface area contributed by atoms with Gasteiger partial charge in [0.05, 0.1) is 22.7 Å². The number of nitrogens with zero attached hydrogens (tertiary/aromatic N) is 2. The lowest BCUT2D eigenvalue weighted by atomic mass is 10.3. The van der Waals surface area contributed by atoms with E-state index in [0.29, 0.717) is 17.9 Å². The van der Waals surface area contributed by atoms with Crippen molar-refractivity contribution in [3.63, 3.8) is 0 Å². The molecule has 0 bridgehead atoms. The molecule has 0 aliphatic carbocycles. The van der Waals surface area contributed by atoms with E-state index >= 15 is 0 Å². The lowest BCUT2D eigenvalue weighted by Gasteiger charge is -2.10. The minimum atomic E-state index is -3.25. The summed E-state index contributed by atoms with van der Waals surface area (Å²) < 4.78 is 39.6. The van der Waals surface area contributed by atoms with Crippen molar-refractivity contribution in [2.75, 3.05) is 12.8 Å². The summed E-state index contributed by atoms with van der Waals surface area (Å²) in [4.78, 5) is 4.30. The monoisotopic (exact) mass is 319 g/mol. The number of imidazole rings is 1. The topological polar surface area (TPSA) is 64.0 Å². The Morgan fingerprint density at radius 1 is 1.50 bits per heavy atom. The molecule has 2 rings (SSSR count). The summed E-state index contributed by atoms with van der Waals surface area (Å²) in [7, 11) is -3.25. The van der Waals surface area contributed by atoms with Gasteiger partial charge in [0.2, 0.25) is 10.0 Å². The third-order valence-electron chi connectivity index (χ3n) is 2.80. The number of sulfonamides is 1. The van der Waals surface area contributed by atoms with Crippen molar-refractivity contribution < 1.29 is 12.8 Å². The van der Waals surface area contributed by atoms with Gasteiger partial charge in [-0.1, -0.05) is 0 Å². The Morgan fingerprint density at radius 3 is 2.80 bits per heavy atom. The first-order valence-electron chi connectivity index (χ1n) is 6.02. The second-order valence-corrected chi connectivity index (χ2v) is 7.02. The van der Waals surface area contributed by atoms with E-state index in [1.54, 1.807) is 17.6 Å². The molecule has 0 fully saturated rings. The molecular weight excluding hydrogens is 305 g/mol. The maximum atomic E-state index is 13.2. The molecular formula is C12H15ClFN3O2S. The number of benzene rings is 1. The van der Waals surface area contributed by atoms with Crippen LogP contribution in [0.1, 0.15) is 18.1 Å². The zero-order valence-corrected chi connectivity index (χ0v) is 12.7. The van der Waals surface area contributed by atoms with Crippen molar-refractivity contribution in [2.45, 2.75) is 18.8 Å². The highest BCUT2D eigenvalue weighted by molar-refractivity contribution is 7.88. The number of aromatic nitrogens is 2. The highest BCUT2D eigenvalue weighted by atomic mass is 35.5. The third kappa shape index (κ3) is 3.47. The first kappa shape index (κ1) is 15.2. The zero-order chi connectivity index (χ0) is 14.9. The van der Waals surface area contributed by atoms with E-state index in [4.69, 9.17) is 11.6 Å². The summed E-state index contributed by atoms with van der Waals surface area (Å²) >= 11 is 6.07. The third-order valence-corrected chi connectivity index (χ3v) is 3.72. The van der Waals surface area contributed by atoms with Crippen LogP contribution < -0.4 is 4.72 Å². The molecule has 0 aliphatic heterocycles. The van der Waals surface area contributed by atoms with Gasteiger partial charge in [0.15, 0.2) is 0 Å². The number of nitrogens with one attached hydrogen (secondary N) is 1. The number of fused-ring (bicyclic) bond motifs is 1. The van der Waals surface area contributed by atoms with Crippen molar-refractivity contribution in [1.82, 2.24) is 14.3 Å². The minimum Gasteiger partial charge on any atom is -0.325 e. The van der Waals surface area contributed by atoms with E-state index in [2.05, 4.69) is 9.71 Å². The molecule has 0 saturated heterocycles. The van der Waals surface area contributed by atoms with E-state index in [9.17, 15) is 12.8 Å². The molecule has 20 heavy (non-hydrogen) atoms. The Bertz CT molecular complexity index is 728. The summed E-state index contributed by atoms with van der Waals surface area (Å²) in [5.41, 5.74) is 1.23. The fraction of sp³-hybridized carbons (Fsp3) is 0.417. The fourth-order valence-corrected chi connectivity index (χ4v) is 2.63. The molecule has 0 radical (unpaired) electrons. The molecule has 1 N–H and O–H groups in total. The van der Waals surface area contributed by atoms with Crippen molar-refractivity contribution in [1.29, 1.82) is 0 Å².